The van der Waals surface area contributed by atoms with Crippen molar-refractivity contribution in [2.24, 2.45) is 0 Å². The first-order chi connectivity index (χ1) is 25.3. The molecule has 0 N–H and O–H groups in total. The smallest absolute Gasteiger partial charge is 0.166 e. The molecule has 0 aliphatic carbocycles. The Morgan fingerprint density at radius 2 is 0.902 bits per heavy atom. The van der Waals surface area contributed by atoms with Crippen LogP contribution in [0.3, 0.4) is 0 Å². The average Bonchev–Trinajstić information content (AvgIpc) is 3.87. The summed E-state index contributed by atoms with van der Waals surface area (Å²) in [5.41, 5.74) is 6.23. The fraction of sp³-hybridized carbons (Fsp3) is 0. The van der Waals surface area contributed by atoms with Gasteiger partial charge in [-0.2, -0.15) is 0 Å². The molecule has 0 atom stereocenters. The lowest BCUT2D eigenvalue weighted by Crippen LogP contribution is -2.03. The van der Waals surface area contributed by atoms with Crippen LogP contribution in [0, 0.1) is 0 Å². The second-order valence-electron chi connectivity index (χ2n) is 12.8. The zero-order chi connectivity index (χ0) is 33.5. The van der Waals surface area contributed by atoms with E-state index >= 15 is 0 Å². The Balaban J connectivity index is 1.21. The predicted molar refractivity (Wildman–Crippen MR) is 216 cm³/mol. The number of hydrogen-bond donors (Lipinski definition) is 0. The number of aromatic nitrogens is 4. The molecule has 4 heterocycles. The molecule has 6 heteroatoms. The van der Waals surface area contributed by atoms with Crippen LogP contribution in [-0.2, 0) is 0 Å². The lowest BCUT2D eigenvalue weighted by molar-refractivity contribution is 1.07. The summed E-state index contributed by atoms with van der Waals surface area (Å²) in [6.45, 7) is 0. The second kappa shape index (κ2) is 11.2. The van der Waals surface area contributed by atoms with E-state index in [4.69, 9.17) is 15.0 Å². The summed E-state index contributed by atoms with van der Waals surface area (Å²) in [6, 6.07) is 56.0. The maximum Gasteiger partial charge on any atom is 0.166 e. The minimum Gasteiger partial charge on any atom is -0.309 e. The Bertz CT molecular complexity index is 3110. The van der Waals surface area contributed by atoms with E-state index < -0.39 is 0 Å². The topological polar surface area (TPSA) is 43.6 Å². The summed E-state index contributed by atoms with van der Waals surface area (Å²) in [4.78, 5) is 15.9. The first-order valence-corrected chi connectivity index (χ1v) is 18.6. The maximum atomic E-state index is 5.34. The van der Waals surface area contributed by atoms with Gasteiger partial charge in [-0.05, 0) is 60.7 Å². The first kappa shape index (κ1) is 28.6. The Morgan fingerprint density at radius 3 is 1.69 bits per heavy atom. The molecule has 0 radical (unpaired) electrons. The van der Waals surface area contributed by atoms with Crippen molar-refractivity contribution < 1.29 is 0 Å². The van der Waals surface area contributed by atoms with Crippen LogP contribution in [-0.4, -0.2) is 19.5 Å². The zero-order valence-corrected chi connectivity index (χ0v) is 28.7. The summed E-state index contributed by atoms with van der Waals surface area (Å²) < 4.78 is 7.34. The highest BCUT2D eigenvalue weighted by Crippen LogP contribution is 2.41. The molecule has 0 saturated heterocycles. The number of benzene rings is 7. The third kappa shape index (κ3) is 4.40. The molecule has 0 bridgehead atoms. The van der Waals surface area contributed by atoms with Crippen LogP contribution in [0.5, 0.6) is 0 Å². The number of hydrogen-bond acceptors (Lipinski definition) is 5. The van der Waals surface area contributed by atoms with E-state index in [9.17, 15) is 0 Å². The molecule has 4 aromatic heterocycles. The fourth-order valence-corrected chi connectivity index (χ4v) is 9.83. The van der Waals surface area contributed by atoms with Crippen LogP contribution in [0.25, 0.3) is 102 Å². The third-order valence-electron chi connectivity index (χ3n) is 9.88. The number of nitrogens with zero attached hydrogens (tertiary/aromatic N) is 4. The van der Waals surface area contributed by atoms with Gasteiger partial charge in [0.05, 0.1) is 16.7 Å². The number of thiophene rings is 2. The molecule has 0 aliphatic heterocycles. The molecule has 4 nitrogen and oxygen atoms in total. The van der Waals surface area contributed by atoms with Crippen LogP contribution in [0.4, 0.5) is 0 Å². The van der Waals surface area contributed by atoms with E-state index in [1.807, 2.05) is 11.3 Å². The Kier molecular flexibility index (Phi) is 6.26. The summed E-state index contributed by atoms with van der Waals surface area (Å²) in [5.74, 6) is 1.96. The van der Waals surface area contributed by atoms with Gasteiger partial charge in [0.25, 0.3) is 0 Å². The van der Waals surface area contributed by atoms with E-state index in [1.165, 1.54) is 51.1 Å². The van der Waals surface area contributed by atoms with Gasteiger partial charge >= 0.3 is 0 Å². The summed E-state index contributed by atoms with van der Waals surface area (Å²) in [7, 11) is 0. The highest BCUT2D eigenvalue weighted by Gasteiger charge is 2.21. The van der Waals surface area contributed by atoms with Gasteiger partial charge in [0.2, 0.25) is 0 Å². The van der Waals surface area contributed by atoms with E-state index in [2.05, 4.69) is 162 Å². The van der Waals surface area contributed by atoms with Gasteiger partial charge in [-0.25, -0.2) is 15.0 Å². The average molecular weight is 687 g/mol. The van der Waals surface area contributed by atoms with Gasteiger partial charge < -0.3 is 4.57 Å². The van der Waals surface area contributed by atoms with Crippen LogP contribution in [0.15, 0.2) is 158 Å². The number of fused-ring (bicyclic) bond motifs is 9. The Hall–Kier alpha value is -6.21. The maximum absolute atomic E-state index is 5.34. The summed E-state index contributed by atoms with van der Waals surface area (Å²) in [5, 5.41) is 7.29. The highest BCUT2D eigenvalue weighted by atomic mass is 32.1. The lowest BCUT2D eigenvalue weighted by Gasteiger charge is -2.15. The molecule has 7 aromatic carbocycles. The second-order valence-corrected chi connectivity index (χ2v) is 14.9. The SMILES string of the molecule is c1ccc(-n2c3ccccc3c3ccccc32)c(-c2nc(-c3ccc4sc5ccccc5c4c3)nc(-c3cccc4sc5ccccc5c34)n2)c1. The molecule has 11 aromatic rings. The van der Waals surface area contributed by atoms with E-state index in [-0.39, 0.29) is 0 Å². The van der Waals surface area contributed by atoms with Crippen LogP contribution >= 0.6 is 22.7 Å². The van der Waals surface area contributed by atoms with Crippen LogP contribution in [0.2, 0.25) is 0 Å². The molecule has 0 amide bonds. The fourth-order valence-electron chi connectivity index (χ4n) is 7.61. The van der Waals surface area contributed by atoms with Gasteiger partial charge in [-0.1, -0.05) is 97.1 Å². The van der Waals surface area contributed by atoms with Gasteiger partial charge in [0.15, 0.2) is 17.5 Å². The summed E-state index contributed by atoms with van der Waals surface area (Å²) >= 11 is 3.62. The molecule has 0 spiro atoms. The standard InChI is InChI=1S/C45H26N4S2/c1-6-18-35-28(12-1)29-13-2-7-19-36(29)49(35)37-20-8-3-15-31(37)44-46-43(27-24-25-40-34(26-27)30-14-4-9-21-38(30)50-40)47-45(48-44)33-17-11-23-41-42(33)32-16-5-10-22-39(32)51-41/h1-26H. The normalized spacial score (nSPS) is 11.9. The highest BCUT2D eigenvalue weighted by molar-refractivity contribution is 7.26. The number of rotatable bonds is 4. The van der Waals surface area contributed by atoms with Crippen molar-refractivity contribution in [1.29, 1.82) is 0 Å². The Morgan fingerprint density at radius 1 is 0.373 bits per heavy atom. The molecular formula is C45H26N4S2. The predicted octanol–water partition coefficient (Wildman–Crippen LogP) is 12.7. The van der Waals surface area contributed by atoms with E-state index in [0.29, 0.717) is 17.5 Å². The Labute approximate surface area is 300 Å². The van der Waals surface area contributed by atoms with Gasteiger partial charge in [-0.15, -0.1) is 22.7 Å². The monoisotopic (exact) mass is 686 g/mol. The van der Waals surface area contributed by atoms with Gasteiger partial charge in [0.1, 0.15) is 0 Å². The number of para-hydroxylation sites is 3. The van der Waals surface area contributed by atoms with Gasteiger partial charge in [0, 0.05) is 67.8 Å². The van der Waals surface area contributed by atoms with Crippen molar-refractivity contribution in [2.75, 3.05) is 0 Å². The van der Waals surface area contributed by atoms with Gasteiger partial charge in [-0.3, -0.25) is 0 Å². The molecule has 0 aliphatic rings. The molecule has 0 fully saturated rings. The summed E-state index contributed by atoms with van der Waals surface area (Å²) in [6.07, 6.45) is 0. The molecule has 238 valence electrons. The van der Waals surface area contributed by atoms with Crippen molar-refractivity contribution >= 4 is 84.8 Å². The van der Waals surface area contributed by atoms with Crippen molar-refractivity contribution in [1.82, 2.24) is 19.5 Å². The van der Waals surface area contributed by atoms with E-state index in [1.54, 1.807) is 11.3 Å². The van der Waals surface area contributed by atoms with Crippen LogP contribution < -0.4 is 0 Å². The molecule has 11 rings (SSSR count). The van der Waals surface area contributed by atoms with E-state index in [0.717, 1.165) is 33.4 Å². The quantitative estimate of drug-likeness (QED) is 0.185. The zero-order valence-electron chi connectivity index (χ0n) is 27.1. The molecule has 51 heavy (non-hydrogen) atoms. The van der Waals surface area contributed by atoms with Crippen molar-refractivity contribution in [3.05, 3.63) is 158 Å². The minimum absolute atomic E-state index is 0.638. The lowest BCUT2D eigenvalue weighted by atomic mass is 10.0. The largest absolute Gasteiger partial charge is 0.309 e. The third-order valence-corrected chi connectivity index (χ3v) is 12.2. The molecule has 0 unspecified atom stereocenters. The first-order valence-electron chi connectivity index (χ1n) is 16.9. The van der Waals surface area contributed by atoms with Crippen LogP contribution in [0.1, 0.15) is 0 Å². The van der Waals surface area contributed by atoms with Crippen molar-refractivity contribution in [2.45, 2.75) is 0 Å². The van der Waals surface area contributed by atoms with Crippen molar-refractivity contribution in [3.63, 3.8) is 0 Å². The minimum atomic E-state index is 0.638. The van der Waals surface area contributed by atoms with Crippen molar-refractivity contribution in [3.8, 4) is 39.9 Å². The molecular weight excluding hydrogens is 661 g/mol. The molecule has 0 saturated carbocycles.